The van der Waals surface area contributed by atoms with Gasteiger partial charge in [-0.15, -0.1) is 0 Å². The molecule has 2 aliphatic heterocycles. The first-order chi connectivity index (χ1) is 15.3. The number of carbonyl (C=O) groups excluding carboxylic acids is 3. The van der Waals surface area contributed by atoms with Crippen LogP contribution in [0.1, 0.15) is 31.2 Å². The van der Waals surface area contributed by atoms with Gasteiger partial charge >= 0.3 is 6.03 Å². The van der Waals surface area contributed by atoms with Crippen molar-refractivity contribution in [2.75, 3.05) is 13.3 Å². The molecular weight excluding hydrogens is 414 g/mol. The number of rotatable bonds is 5. The van der Waals surface area contributed by atoms with Gasteiger partial charge < -0.3 is 24.5 Å². The number of nitrogens with zero attached hydrogens (tertiary/aromatic N) is 1. The fourth-order valence-electron chi connectivity index (χ4n) is 3.96. The number of benzene rings is 2. The molecule has 2 aliphatic rings. The van der Waals surface area contributed by atoms with Crippen molar-refractivity contribution < 1.29 is 28.3 Å². The standard InChI is InChI=1S/C23H21N3O6/c1-13(18-9-14-5-3-4-6-16(14)32-18)24-20(27)11-26-21(28)23(2,25-22(26)29)15-7-8-17-19(10-15)31-12-30-17/h3-10,13H,11-12H2,1-2H3,(H,24,27)(H,25,29)/t13-,23-/m0/s1. The molecule has 164 valence electrons. The molecule has 1 saturated heterocycles. The van der Waals surface area contributed by atoms with Gasteiger partial charge in [0.05, 0.1) is 6.04 Å². The summed E-state index contributed by atoms with van der Waals surface area (Å²) >= 11 is 0. The minimum Gasteiger partial charge on any atom is -0.459 e. The first-order valence-electron chi connectivity index (χ1n) is 10.2. The molecule has 2 N–H and O–H groups in total. The molecule has 1 aromatic heterocycles. The Balaban J connectivity index is 1.29. The van der Waals surface area contributed by atoms with E-state index in [0.717, 1.165) is 15.9 Å². The number of urea groups is 1. The van der Waals surface area contributed by atoms with Crippen LogP contribution in [0.4, 0.5) is 4.79 Å². The van der Waals surface area contributed by atoms with Gasteiger partial charge in [-0.1, -0.05) is 24.3 Å². The van der Waals surface area contributed by atoms with Crippen molar-refractivity contribution in [2.45, 2.75) is 25.4 Å². The molecule has 2 aromatic carbocycles. The Morgan fingerprint density at radius 1 is 1.16 bits per heavy atom. The Bertz CT molecular complexity index is 1220. The molecule has 9 heteroatoms. The normalized spacial score (nSPS) is 20.5. The smallest absolute Gasteiger partial charge is 0.325 e. The molecule has 5 rings (SSSR count). The lowest BCUT2D eigenvalue weighted by molar-refractivity contribution is -0.135. The number of fused-ring (bicyclic) bond motifs is 2. The first-order valence-corrected chi connectivity index (χ1v) is 10.2. The fourth-order valence-corrected chi connectivity index (χ4v) is 3.96. The minimum absolute atomic E-state index is 0.103. The molecular formula is C23H21N3O6. The van der Waals surface area contributed by atoms with Crippen molar-refractivity contribution >= 4 is 28.8 Å². The molecule has 3 heterocycles. The van der Waals surface area contributed by atoms with Gasteiger partial charge in [0.15, 0.2) is 11.5 Å². The molecule has 0 aliphatic carbocycles. The monoisotopic (exact) mass is 435 g/mol. The van der Waals surface area contributed by atoms with Crippen LogP contribution in [0.15, 0.2) is 52.9 Å². The van der Waals surface area contributed by atoms with Crippen LogP contribution in [0.3, 0.4) is 0 Å². The van der Waals surface area contributed by atoms with E-state index in [2.05, 4.69) is 10.6 Å². The summed E-state index contributed by atoms with van der Waals surface area (Å²) in [5.74, 6) is 0.665. The third kappa shape index (κ3) is 3.22. The lowest BCUT2D eigenvalue weighted by atomic mass is 9.91. The van der Waals surface area contributed by atoms with Gasteiger partial charge in [-0.25, -0.2) is 4.79 Å². The Kier molecular flexibility index (Phi) is 4.54. The van der Waals surface area contributed by atoms with E-state index >= 15 is 0 Å². The Labute approximate surface area is 183 Å². The van der Waals surface area contributed by atoms with Crippen LogP contribution in [0.25, 0.3) is 11.0 Å². The van der Waals surface area contributed by atoms with Gasteiger partial charge in [0, 0.05) is 5.39 Å². The predicted octanol–water partition coefficient (Wildman–Crippen LogP) is 2.81. The molecule has 0 spiro atoms. The van der Waals surface area contributed by atoms with Crippen molar-refractivity contribution in [3.63, 3.8) is 0 Å². The highest BCUT2D eigenvalue weighted by Gasteiger charge is 2.50. The molecule has 9 nitrogen and oxygen atoms in total. The molecule has 1 fully saturated rings. The quantitative estimate of drug-likeness (QED) is 0.597. The number of amides is 4. The van der Waals surface area contributed by atoms with E-state index in [4.69, 9.17) is 13.9 Å². The zero-order valence-electron chi connectivity index (χ0n) is 17.5. The van der Waals surface area contributed by atoms with E-state index in [9.17, 15) is 14.4 Å². The Morgan fingerprint density at radius 3 is 2.75 bits per heavy atom. The first kappa shape index (κ1) is 19.9. The highest BCUT2D eigenvalue weighted by molar-refractivity contribution is 6.09. The van der Waals surface area contributed by atoms with Crippen LogP contribution in [-0.4, -0.2) is 36.1 Å². The lowest BCUT2D eigenvalue weighted by Crippen LogP contribution is -2.43. The van der Waals surface area contributed by atoms with E-state index in [-0.39, 0.29) is 6.79 Å². The van der Waals surface area contributed by atoms with E-state index in [1.807, 2.05) is 30.3 Å². The van der Waals surface area contributed by atoms with Crippen LogP contribution < -0.4 is 20.1 Å². The van der Waals surface area contributed by atoms with Crippen molar-refractivity contribution in [3.8, 4) is 11.5 Å². The Morgan fingerprint density at radius 2 is 1.94 bits per heavy atom. The van der Waals surface area contributed by atoms with Gasteiger partial charge in [-0.05, 0) is 43.7 Å². The maximum absolute atomic E-state index is 13.1. The summed E-state index contributed by atoms with van der Waals surface area (Å²) in [6.45, 7) is 3.07. The summed E-state index contributed by atoms with van der Waals surface area (Å²) in [5.41, 5.74) is -0.0567. The second kappa shape index (κ2) is 7.30. The molecule has 0 unspecified atom stereocenters. The van der Waals surface area contributed by atoms with Gasteiger partial charge in [-0.3, -0.25) is 14.5 Å². The van der Waals surface area contributed by atoms with Gasteiger partial charge in [0.2, 0.25) is 12.7 Å². The number of para-hydroxylation sites is 1. The van der Waals surface area contributed by atoms with Crippen LogP contribution in [0, 0.1) is 0 Å². The summed E-state index contributed by atoms with van der Waals surface area (Å²) in [5, 5.41) is 6.40. The van der Waals surface area contributed by atoms with E-state index in [1.165, 1.54) is 0 Å². The third-order valence-electron chi connectivity index (χ3n) is 5.78. The molecule has 32 heavy (non-hydrogen) atoms. The van der Waals surface area contributed by atoms with E-state index in [1.54, 1.807) is 32.0 Å². The fraction of sp³-hybridized carbons (Fsp3) is 0.261. The SMILES string of the molecule is C[C@H](NC(=O)CN1C(=O)N[C@@](C)(c2ccc3c(c2)OCO3)C1=O)c1cc2ccccc2o1. The van der Waals surface area contributed by atoms with Crippen LogP contribution >= 0.6 is 0 Å². The van der Waals surface area contributed by atoms with Crippen LogP contribution in [0.5, 0.6) is 11.5 Å². The molecule has 0 bridgehead atoms. The average molecular weight is 435 g/mol. The average Bonchev–Trinajstić information content (AvgIpc) is 3.47. The minimum atomic E-state index is -1.32. The molecule has 0 radical (unpaired) electrons. The maximum atomic E-state index is 13.1. The predicted molar refractivity (Wildman–Crippen MR) is 113 cm³/mol. The van der Waals surface area contributed by atoms with Crippen molar-refractivity contribution in [1.82, 2.24) is 15.5 Å². The zero-order chi connectivity index (χ0) is 22.5. The van der Waals surface area contributed by atoms with Crippen molar-refractivity contribution in [2.24, 2.45) is 0 Å². The second-order valence-electron chi connectivity index (χ2n) is 7.99. The molecule has 3 aromatic rings. The number of carbonyl (C=O) groups is 3. The largest absolute Gasteiger partial charge is 0.459 e. The number of imide groups is 1. The van der Waals surface area contributed by atoms with E-state index in [0.29, 0.717) is 22.8 Å². The second-order valence-corrected chi connectivity index (χ2v) is 7.99. The highest BCUT2D eigenvalue weighted by atomic mass is 16.7. The molecule has 4 amide bonds. The summed E-state index contributed by atoms with van der Waals surface area (Å²) in [7, 11) is 0. The van der Waals surface area contributed by atoms with Gasteiger partial charge in [-0.2, -0.15) is 0 Å². The highest BCUT2D eigenvalue weighted by Crippen LogP contribution is 2.37. The number of ether oxygens (including phenoxy) is 2. The topological polar surface area (TPSA) is 110 Å². The lowest BCUT2D eigenvalue weighted by Gasteiger charge is -2.22. The van der Waals surface area contributed by atoms with Crippen molar-refractivity contribution in [1.29, 1.82) is 0 Å². The van der Waals surface area contributed by atoms with E-state index < -0.39 is 36.0 Å². The number of hydrogen-bond donors (Lipinski definition) is 2. The Hall–Kier alpha value is -4.01. The van der Waals surface area contributed by atoms with Crippen LogP contribution in [-0.2, 0) is 15.1 Å². The van der Waals surface area contributed by atoms with Crippen LogP contribution in [0.2, 0.25) is 0 Å². The molecule has 2 atom stereocenters. The number of nitrogens with one attached hydrogen (secondary N) is 2. The van der Waals surface area contributed by atoms with Gasteiger partial charge in [0.1, 0.15) is 23.4 Å². The van der Waals surface area contributed by atoms with Gasteiger partial charge in [0.25, 0.3) is 5.91 Å². The zero-order valence-corrected chi connectivity index (χ0v) is 17.5. The third-order valence-corrected chi connectivity index (χ3v) is 5.78. The number of furan rings is 1. The summed E-state index contributed by atoms with van der Waals surface area (Å²) in [6, 6.07) is 13.4. The summed E-state index contributed by atoms with van der Waals surface area (Å²) in [6.07, 6.45) is 0. The summed E-state index contributed by atoms with van der Waals surface area (Å²) < 4.78 is 16.4. The molecule has 0 saturated carbocycles. The van der Waals surface area contributed by atoms with Crippen molar-refractivity contribution in [3.05, 3.63) is 59.9 Å². The number of hydrogen-bond acceptors (Lipinski definition) is 6. The maximum Gasteiger partial charge on any atom is 0.325 e. The summed E-state index contributed by atoms with van der Waals surface area (Å²) in [4.78, 5) is 39.2.